The quantitative estimate of drug-likeness (QED) is 0.177. The predicted molar refractivity (Wildman–Crippen MR) is 247 cm³/mol. The van der Waals surface area contributed by atoms with Gasteiger partial charge in [-0.05, 0) is 122 Å². The van der Waals surface area contributed by atoms with Crippen molar-refractivity contribution in [2.24, 2.45) is 0 Å². The first-order valence-corrected chi connectivity index (χ1v) is 21.4. The van der Waals surface area contributed by atoms with Gasteiger partial charge in [0.2, 0.25) is 0 Å². The Balaban J connectivity index is 0.923. The smallest absolute Gasteiger partial charge is 0.178 e. The number of nitrogens with zero attached hydrogens (tertiary/aromatic N) is 1. The van der Waals surface area contributed by atoms with Crippen LogP contribution >= 0.6 is 0 Å². The van der Waals surface area contributed by atoms with Gasteiger partial charge < -0.3 is 14.4 Å². The molecule has 290 valence electrons. The van der Waals surface area contributed by atoms with E-state index in [9.17, 15) is 0 Å². The van der Waals surface area contributed by atoms with Gasteiger partial charge in [-0.25, -0.2) is 0 Å². The fourth-order valence-electron chi connectivity index (χ4n) is 11.5. The normalized spacial score (nSPS) is 18.6. The second kappa shape index (κ2) is 12.6. The van der Waals surface area contributed by atoms with Gasteiger partial charge in [-0.1, -0.05) is 153 Å². The first-order valence-electron chi connectivity index (χ1n) is 21.4. The molecule has 0 aromatic heterocycles. The van der Waals surface area contributed by atoms with Crippen molar-refractivity contribution >= 4 is 17.1 Å². The SMILES string of the molecule is CC1(C)c2ccccc2-c2ccc(-c3cccc(N(c4ccccc4)c4ccc5c(c4)Oc4c(ccc6c4-c4ccccc4C64C6=CC=CCC6c6ccccc64)O5)c3)cc21. The summed E-state index contributed by atoms with van der Waals surface area (Å²) in [6.07, 6.45) is 7.93. The Hall–Kier alpha value is -7.36. The first kappa shape index (κ1) is 34.5. The van der Waals surface area contributed by atoms with Crippen molar-refractivity contribution in [3.8, 4) is 56.4 Å². The highest BCUT2D eigenvalue weighted by Crippen LogP contribution is 2.68. The van der Waals surface area contributed by atoms with E-state index in [4.69, 9.17) is 9.47 Å². The maximum Gasteiger partial charge on any atom is 0.178 e. The third kappa shape index (κ3) is 4.69. The van der Waals surface area contributed by atoms with Crippen LogP contribution in [0, 0.1) is 0 Å². The predicted octanol–water partition coefficient (Wildman–Crippen LogP) is 15.3. The highest BCUT2D eigenvalue weighted by molar-refractivity contribution is 5.94. The maximum atomic E-state index is 7.16. The van der Waals surface area contributed by atoms with Gasteiger partial charge in [0.15, 0.2) is 23.0 Å². The van der Waals surface area contributed by atoms with E-state index >= 15 is 0 Å². The molecule has 2 atom stereocenters. The Bertz CT molecular complexity index is 3230. The number of ether oxygens (including phenoxy) is 2. The lowest BCUT2D eigenvalue weighted by Gasteiger charge is -2.33. The summed E-state index contributed by atoms with van der Waals surface area (Å²) in [6.45, 7) is 4.69. The molecular formula is C58H41NO2. The molecule has 0 saturated carbocycles. The highest BCUT2D eigenvalue weighted by Gasteiger charge is 2.56. The van der Waals surface area contributed by atoms with Crippen LogP contribution in [0.4, 0.5) is 17.1 Å². The highest BCUT2D eigenvalue weighted by atomic mass is 16.6. The van der Waals surface area contributed by atoms with Crippen molar-refractivity contribution < 1.29 is 9.47 Å². The number of hydrogen-bond donors (Lipinski definition) is 0. The van der Waals surface area contributed by atoms with Gasteiger partial charge in [-0.2, -0.15) is 0 Å². The molecule has 3 nitrogen and oxygen atoms in total. The van der Waals surface area contributed by atoms with Crippen molar-refractivity contribution in [1.82, 2.24) is 0 Å². The zero-order chi connectivity index (χ0) is 40.5. The average molecular weight is 784 g/mol. The molecule has 1 spiro atoms. The minimum absolute atomic E-state index is 0.0727. The summed E-state index contributed by atoms with van der Waals surface area (Å²) < 4.78 is 13.9. The lowest BCUT2D eigenvalue weighted by Crippen LogP contribution is -2.27. The average Bonchev–Trinajstić information content (AvgIpc) is 3.87. The van der Waals surface area contributed by atoms with Gasteiger partial charge in [-0.15, -0.1) is 0 Å². The lowest BCUT2D eigenvalue weighted by atomic mass is 9.69. The summed E-state index contributed by atoms with van der Waals surface area (Å²) in [6, 6.07) is 64.0. The molecular weight excluding hydrogens is 743 g/mol. The molecule has 3 heteroatoms. The summed E-state index contributed by atoms with van der Waals surface area (Å²) in [5, 5.41) is 0. The van der Waals surface area contributed by atoms with Crippen LogP contribution in [-0.4, -0.2) is 0 Å². The number of hydrogen-bond acceptors (Lipinski definition) is 3. The van der Waals surface area contributed by atoms with Gasteiger partial charge in [0.05, 0.1) is 11.1 Å². The topological polar surface area (TPSA) is 21.7 Å². The molecule has 0 fully saturated rings. The second-order valence-corrected chi connectivity index (χ2v) is 17.5. The van der Waals surface area contributed by atoms with Crippen LogP contribution in [0.15, 0.2) is 200 Å². The zero-order valence-electron chi connectivity index (χ0n) is 34.0. The molecule has 0 N–H and O–H groups in total. The van der Waals surface area contributed by atoms with E-state index in [1.165, 1.54) is 66.8 Å². The van der Waals surface area contributed by atoms with Crippen LogP contribution < -0.4 is 14.4 Å². The van der Waals surface area contributed by atoms with Crippen molar-refractivity contribution in [3.63, 3.8) is 0 Å². The van der Waals surface area contributed by atoms with Gasteiger partial charge in [-0.3, -0.25) is 0 Å². The summed E-state index contributed by atoms with van der Waals surface area (Å²) >= 11 is 0. The molecule has 1 heterocycles. The minimum atomic E-state index is -0.397. The molecule has 61 heavy (non-hydrogen) atoms. The largest absolute Gasteiger partial charge is 0.449 e. The first-order chi connectivity index (χ1) is 30.0. The Labute approximate surface area is 356 Å². The minimum Gasteiger partial charge on any atom is -0.449 e. The molecule has 0 amide bonds. The summed E-state index contributed by atoms with van der Waals surface area (Å²) in [5.74, 6) is 3.24. The van der Waals surface area contributed by atoms with Crippen LogP contribution in [-0.2, 0) is 10.8 Å². The monoisotopic (exact) mass is 783 g/mol. The molecule has 0 bridgehead atoms. The standard InChI is InChI=1S/C58H41NO2/c1-57(2)46-23-10-6-19-41(46)44-29-27-37(34-51(44)57)36-15-14-18-39(33-36)59(38-16-4-3-5-17-38)40-28-31-52-54(35-40)61-56-53(60-52)32-30-50-55(56)45-22-9-13-26-49(45)58(50)47-24-11-7-20-42(47)43-21-8-12-25-48(43)58/h3-20,22-35,43H,21H2,1-2H3. The van der Waals surface area contributed by atoms with Crippen molar-refractivity contribution in [2.45, 2.75) is 37.0 Å². The van der Waals surface area contributed by atoms with Crippen molar-refractivity contribution in [1.29, 1.82) is 0 Å². The maximum absolute atomic E-state index is 7.16. The molecule has 1 aliphatic heterocycles. The number of anilines is 3. The number of fused-ring (bicyclic) bond motifs is 16. The van der Waals surface area contributed by atoms with E-state index in [2.05, 4.69) is 207 Å². The number of allylic oxidation sites excluding steroid dienone is 4. The van der Waals surface area contributed by atoms with Crippen LogP contribution in [0.1, 0.15) is 59.6 Å². The molecule has 13 rings (SSSR count). The third-order valence-electron chi connectivity index (χ3n) is 14.1. The van der Waals surface area contributed by atoms with E-state index in [1.807, 2.05) is 6.07 Å². The molecule has 4 aliphatic carbocycles. The van der Waals surface area contributed by atoms with E-state index in [0.717, 1.165) is 40.5 Å². The molecule has 8 aromatic rings. The van der Waals surface area contributed by atoms with E-state index in [0.29, 0.717) is 17.4 Å². The Morgan fingerprint density at radius 2 is 1.20 bits per heavy atom. The van der Waals surface area contributed by atoms with Crippen LogP contribution in [0.25, 0.3) is 33.4 Å². The Morgan fingerprint density at radius 3 is 2.08 bits per heavy atom. The van der Waals surface area contributed by atoms with Crippen LogP contribution in [0.5, 0.6) is 23.0 Å². The van der Waals surface area contributed by atoms with Crippen molar-refractivity contribution in [3.05, 3.63) is 233 Å². The van der Waals surface area contributed by atoms with Gasteiger partial charge >= 0.3 is 0 Å². The number of rotatable bonds is 4. The Morgan fingerprint density at radius 1 is 0.492 bits per heavy atom. The van der Waals surface area contributed by atoms with Crippen LogP contribution in [0.2, 0.25) is 0 Å². The molecule has 5 aliphatic rings. The fraction of sp³-hybridized carbons (Fsp3) is 0.103. The summed E-state index contributed by atoms with van der Waals surface area (Å²) in [4.78, 5) is 2.31. The zero-order valence-corrected chi connectivity index (χ0v) is 34.0. The summed E-state index contributed by atoms with van der Waals surface area (Å²) in [7, 11) is 0. The Kier molecular flexibility index (Phi) is 7.11. The van der Waals surface area contributed by atoms with Crippen LogP contribution in [0.3, 0.4) is 0 Å². The van der Waals surface area contributed by atoms with Gasteiger partial charge in [0.1, 0.15) is 0 Å². The van der Waals surface area contributed by atoms with E-state index < -0.39 is 5.41 Å². The fourth-order valence-corrected chi connectivity index (χ4v) is 11.5. The number of benzene rings is 8. The van der Waals surface area contributed by atoms with E-state index in [-0.39, 0.29) is 5.41 Å². The molecule has 0 saturated heterocycles. The third-order valence-corrected chi connectivity index (χ3v) is 14.1. The van der Waals surface area contributed by atoms with Gasteiger partial charge in [0.25, 0.3) is 0 Å². The molecule has 8 aromatic carbocycles. The summed E-state index contributed by atoms with van der Waals surface area (Å²) in [5.41, 5.74) is 19.5. The second-order valence-electron chi connectivity index (χ2n) is 17.5. The molecule has 2 unspecified atom stereocenters. The lowest BCUT2D eigenvalue weighted by molar-refractivity contribution is 0.360. The molecule has 0 radical (unpaired) electrons. The van der Waals surface area contributed by atoms with Gasteiger partial charge in [0, 0.05) is 34.3 Å². The van der Waals surface area contributed by atoms with E-state index in [1.54, 1.807) is 0 Å². The van der Waals surface area contributed by atoms with Crippen molar-refractivity contribution in [2.75, 3.05) is 4.90 Å². The number of para-hydroxylation sites is 1.